The van der Waals surface area contributed by atoms with Crippen LogP contribution in [0.2, 0.25) is 0 Å². The van der Waals surface area contributed by atoms with Gasteiger partial charge in [-0.15, -0.1) is 0 Å². The third kappa shape index (κ3) is 7.92. The van der Waals surface area contributed by atoms with Crippen LogP contribution in [0.1, 0.15) is 67.8 Å². The molecule has 3 aliphatic carbocycles. The molecule has 7 nitrogen and oxygen atoms in total. The molecule has 206 valence electrons. The number of carbonyl (C=O) groups is 2. The highest BCUT2D eigenvalue weighted by molar-refractivity contribution is 7.91. The molecule has 0 radical (unpaired) electrons. The smallest absolute Gasteiger partial charge is 0.352 e. The van der Waals surface area contributed by atoms with Crippen molar-refractivity contribution >= 4 is 21.7 Å². The Kier molecular flexibility index (Phi) is 8.52. The van der Waals surface area contributed by atoms with Gasteiger partial charge in [0.05, 0.1) is 17.9 Å². The predicted octanol–water partition coefficient (Wildman–Crippen LogP) is 3.40. The first kappa shape index (κ1) is 27.9. The van der Waals surface area contributed by atoms with Gasteiger partial charge >= 0.3 is 6.18 Å². The first-order valence-corrected chi connectivity index (χ1v) is 15.0. The van der Waals surface area contributed by atoms with Crippen LogP contribution in [0.15, 0.2) is 24.3 Å². The monoisotopic (exact) mass is 543 g/mol. The number of alkyl halides is 3. The topological polar surface area (TPSA) is 95.6 Å². The van der Waals surface area contributed by atoms with E-state index in [4.69, 9.17) is 0 Å². The summed E-state index contributed by atoms with van der Waals surface area (Å²) < 4.78 is 63.8. The highest BCUT2D eigenvalue weighted by Crippen LogP contribution is 2.40. The average molecular weight is 544 g/mol. The minimum atomic E-state index is -4.58. The number of halogens is 3. The van der Waals surface area contributed by atoms with Crippen molar-refractivity contribution in [3.05, 3.63) is 35.4 Å². The Morgan fingerprint density at radius 2 is 1.76 bits per heavy atom. The van der Waals surface area contributed by atoms with Gasteiger partial charge in [-0.1, -0.05) is 13.0 Å². The van der Waals surface area contributed by atoms with E-state index in [1.165, 1.54) is 31.7 Å². The van der Waals surface area contributed by atoms with Crippen LogP contribution in [0, 0.1) is 11.8 Å². The van der Waals surface area contributed by atoms with Crippen molar-refractivity contribution in [2.75, 3.05) is 24.6 Å². The summed E-state index contributed by atoms with van der Waals surface area (Å²) >= 11 is 0. The van der Waals surface area contributed by atoms with Crippen LogP contribution >= 0.6 is 0 Å². The SMILES string of the molecule is CCS(=O)(=O)C[C@@H]1C[C@H](N(CC2CC2)C2CC2)CC[C@@H]1NC(=O)CNC(=O)c1cccc(C(F)(F)F)c1. The second-order valence-electron chi connectivity index (χ2n) is 10.7. The molecular weight excluding hydrogens is 507 g/mol. The number of sulfone groups is 1. The third-order valence-corrected chi connectivity index (χ3v) is 9.54. The molecule has 0 aromatic heterocycles. The maximum absolute atomic E-state index is 12.9. The molecule has 37 heavy (non-hydrogen) atoms. The zero-order valence-corrected chi connectivity index (χ0v) is 21.9. The number of hydrogen-bond donors (Lipinski definition) is 2. The Balaban J connectivity index is 1.36. The van der Waals surface area contributed by atoms with Crippen LogP contribution in [-0.4, -0.2) is 67.9 Å². The van der Waals surface area contributed by atoms with Crippen molar-refractivity contribution in [3.63, 3.8) is 0 Å². The molecule has 2 N–H and O–H groups in total. The van der Waals surface area contributed by atoms with Gasteiger partial charge in [-0.05, 0) is 75.0 Å². The van der Waals surface area contributed by atoms with Crippen molar-refractivity contribution in [2.45, 2.75) is 76.2 Å². The van der Waals surface area contributed by atoms with Crippen LogP contribution in [0.5, 0.6) is 0 Å². The van der Waals surface area contributed by atoms with Crippen molar-refractivity contribution in [2.24, 2.45) is 11.8 Å². The Hall–Kier alpha value is -2.14. The summed E-state index contributed by atoms with van der Waals surface area (Å²) in [4.78, 5) is 27.6. The van der Waals surface area contributed by atoms with Crippen LogP contribution in [-0.2, 0) is 20.8 Å². The lowest BCUT2D eigenvalue weighted by atomic mass is 9.81. The lowest BCUT2D eigenvalue weighted by Gasteiger charge is -2.42. The van der Waals surface area contributed by atoms with Crippen LogP contribution in [0.4, 0.5) is 13.2 Å². The number of rotatable bonds is 11. The summed E-state index contributed by atoms with van der Waals surface area (Å²) in [5, 5.41) is 5.27. The van der Waals surface area contributed by atoms with Gasteiger partial charge in [0.1, 0.15) is 9.84 Å². The minimum absolute atomic E-state index is 0.00345. The van der Waals surface area contributed by atoms with E-state index in [2.05, 4.69) is 15.5 Å². The number of hydrogen-bond acceptors (Lipinski definition) is 5. The van der Waals surface area contributed by atoms with Crippen LogP contribution in [0.3, 0.4) is 0 Å². The number of amides is 2. The highest BCUT2D eigenvalue weighted by atomic mass is 32.2. The highest BCUT2D eigenvalue weighted by Gasteiger charge is 2.42. The predicted molar refractivity (Wildman–Crippen MR) is 134 cm³/mol. The largest absolute Gasteiger partial charge is 0.416 e. The van der Waals surface area contributed by atoms with Gasteiger partial charge < -0.3 is 10.6 Å². The van der Waals surface area contributed by atoms with Gasteiger partial charge in [-0.2, -0.15) is 13.2 Å². The second-order valence-corrected chi connectivity index (χ2v) is 13.1. The van der Waals surface area contributed by atoms with Gasteiger partial charge in [0.15, 0.2) is 0 Å². The molecule has 3 atom stereocenters. The van der Waals surface area contributed by atoms with Gasteiger partial charge in [0, 0.05) is 36.0 Å². The second kappa shape index (κ2) is 11.3. The summed E-state index contributed by atoms with van der Waals surface area (Å²) in [7, 11) is -3.26. The summed E-state index contributed by atoms with van der Waals surface area (Å²) in [6.07, 6.45) is 2.53. The molecule has 0 bridgehead atoms. The minimum Gasteiger partial charge on any atom is -0.352 e. The van der Waals surface area contributed by atoms with Crippen molar-refractivity contribution < 1.29 is 31.2 Å². The quantitative estimate of drug-likeness (QED) is 0.446. The normalized spacial score (nSPS) is 24.6. The third-order valence-electron chi connectivity index (χ3n) is 7.72. The maximum atomic E-state index is 12.9. The molecule has 1 aromatic rings. The summed E-state index contributed by atoms with van der Waals surface area (Å²) in [5.74, 6) is -0.710. The molecule has 11 heteroatoms. The van der Waals surface area contributed by atoms with Crippen molar-refractivity contribution in [1.82, 2.24) is 15.5 Å². The van der Waals surface area contributed by atoms with Crippen molar-refractivity contribution in [1.29, 1.82) is 0 Å². The van der Waals surface area contributed by atoms with E-state index in [9.17, 15) is 31.2 Å². The summed E-state index contributed by atoms with van der Waals surface area (Å²) in [6.45, 7) is 2.29. The number of nitrogens with zero attached hydrogens (tertiary/aromatic N) is 1. The zero-order chi connectivity index (χ0) is 26.8. The summed E-state index contributed by atoms with van der Waals surface area (Å²) in [6, 6.07) is 4.57. The molecule has 2 amide bonds. The van der Waals surface area contributed by atoms with Crippen LogP contribution < -0.4 is 10.6 Å². The number of benzene rings is 1. The molecule has 0 heterocycles. The van der Waals surface area contributed by atoms with Crippen molar-refractivity contribution in [3.8, 4) is 0 Å². The van der Waals surface area contributed by atoms with Crippen LogP contribution in [0.25, 0.3) is 0 Å². The van der Waals surface area contributed by atoms with Gasteiger partial charge in [0.2, 0.25) is 5.91 Å². The molecule has 3 saturated carbocycles. The molecule has 3 aliphatic rings. The summed E-state index contributed by atoms with van der Waals surface area (Å²) in [5.41, 5.74) is -1.13. The van der Waals surface area contributed by atoms with E-state index in [0.29, 0.717) is 24.9 Å². The van der Waals surface area contributed by atoms with E-state index < -0.39 is 39.9 Å². The fraction of sp³-hybridized carbons (Fsp3) is 0.692. The lowest BCUT2D eigenvalue weighted by molar-refractivity contribution is -0.137. The average Bonchev–Trinajstić information content (AvgIpc) is 3.76. The molecule has 0 aliphatic heterocycles. The Labute approximate surface area is 216 Å². The molecular formula is C26H36F3N3O4S. The van der Waals surface area contributed by atoms with E-state index in [0.717, 1.165) is 37.1 Å². The molecule has 0 unspecified atom stereocenters. The molecule has 3 fully saturated rings. The molecule has 0 spiro atoms. The standard InChI is InChI=1S/C26H36F3N3O4S/c1-2-37(35,36)16-19-13-22(32(21-8-9-21)15-17-6-7-17)10-11-23(19)31-24(33)14-30-25(34)18-4-3-5-20(12-18)26(27,28)29/h3-5,12,17,19,21-23H,2,6-11,13-16H2,1H3,(H,30,34)(H,31,33)/t19-,22+,23-/m0/s1. The number of nitrogens with one attached hydrogen (secondary N) is 2. The Morgan fingerprint density at radius 1 is 1.05 bits per heavy atom. The van der Waals surface area contributed by atoms with Gasteiger partial charge in [-0.3, -0.25) is 14.5 Å². The first-order valence-electron chi connectivity index (χ1n) is 13.2. The zero-order valence-electron chi connectivity index (χ0n) is 21.1. The fourth-order valence-corrected chi connectivity index (χ4v) is 6.57. The molecule has 0 saturated heterocycles. The lowest BCUT2D eigenvalue weighted by Crippen LogP contribution is -2.53. The fourth-order valence-electron chi connectivity index (χ4n) is 5.32. The van der Waals surface area contributed by atoms with E-state index in [-0.39, 0.29) is 29.0 Å². The number of carbonyl (C=O) groups excluding carboxylic acids is 2. The van der Waals surface area contributed by atoms with E-state index in [1.807, 2.05) is 0 Å². The van der Waals surface area contributed by atoms with Gasteiger partial charge in [0.25, 0.3) is 5.91 Å². The Morgan fingerprint density at radius 3 is 2.38 bits per heavy atom. The molecule has 4 rings (SSSR count). The van der Waals surface area contributed by atoms with E-state index in [1.54, 1.807) is 6.92 Å². The Bertz CT molecular complexity index is 1090. The molecule has 1 aromatic carbocycles. The van der Waals surface area contributed by atoms with Gasteiger partial charge in [-0.25, -0.2) is 8.42 Å². The first-order chi connectivity index (χ1) is 17.4. The van der Waals surface area contributed by atoms with E-state index >= 15 is 0 Å². The maximum Gasteiger partial charge on any atom is 0.416 e.